The molecular weight excluding hydrogens is 266 g/mol. The highest BCUT2D eigenvalue weighted by molar-refractivity contribution is 7.92. The minimum Gasteiger partial charge on any atom is -0.478 e. The lowest BCUT2D eigenvalue weighted by Crippen LogP contribution is -2.17. The summed E-state index contributed by atoms with van der Waals surface area (Å²) in [4.78, 5) is 10.6. The van der Waals surface area contributed by atoms with Gasteiger partial charge < -0.3 is 5.11 Å². The number of sulfonamides is 1. The van der Waals surface area contributed by atoms with Gasteiger partial charge in [-0.05, 0) is 30.7 Å². The van der Waals surface area contributed by atoms with Crippen LogP contribution in [-0.2, 0) is 10.0 Å². The molecule has 1 rings (SSSR count). The first-order valence-electron chi connectivity index (χ1n) is 4.84. The predicted molar refractivity (Wildman–Crippen MR) is 66.1 cm³/mol. The zero-order valence-electron chi connectivity index (χ0n) is 8.89. The molecule has 0 unspecified atom stereocenters. The van der Waals surface area contributed by atoms with E-state index in [0.29, 0.717) is 12.1 Å². The number of carbonyl (C=O) groups is 1. The van der Waals surface area contributed by atoms with E-state index in [0.717, 1.165) is 0 Å². The van der Waals surface area contributed by atoms with Crippen LogP contribution in [0, 0.1) is 0 Å². The highest BCUT2D eigenvalue weighted by Crippen LogP contribution is 2.12. The van der Waals surface area contributed by atoms with E-state index in [2.05, 4.69) is 4.72 Å². The summed E-state index contributed by atoms with van der Waals surface area (Å²) in [5, 5.41) is 8.67. The van der Waals surface area contributed by atoms with Gasteiger partial charge in [-0.15, -0.1) is 11.6 Å². The van der Waals surface area contributed by atoms with Crippen molar-refractivity contribution in [2.24, 2.45) is 0 Å². The number of carboxylic acids is 1. The summed E-state index contributed by atoms with van der Waals surface area (Å²) in [5.74, 6) is -0.836. The maximum Gasteiger partial charge on any atom is 0.335 e. The van der Waals surface area contributed by atoms with E-state index in [1.807, 2.05) is 0 Å². The fraction of sp³-hybridized carbons (Fsp3) is 0.300. The molecule has 0 amide bonds. The van der Waals surface area contributed by atoms with Gasteiger partial charge in [-0.3, -0.25) is 4.72 Å². The maximum absolute atomic E-state index is 11.5. The third-order valence-electron chi connectivity index (χ3n) is 1.95. The molecule has 0 aromatic heterocycles. The number of anilines is 1. The average Bonchev–Trinajstić information content (AvgIpc) is 2.26. The fourth-order valence-electron chi connectivity index (χ4n) is 1.16. The Kier molecular flexibility index (Phi) is 4.77. The Hall–Kier alpha value is -1.27. The molecule has 5 nitrogen and oxygen atoms in total. The molecule has 0 radical (unpaired) electrons. The van der Waals surface area contributed by atoms with Crippen LogP contribution < -0.4 is 4.72 Å². The highest BCUT2D eigenvalue weighted by Gasteiger charge is 2.10. The molecule has 0 spiro atoms. The van der Waals surface area contributed by atoms with Gasteiger partial charge in [0.15, 0.2) is 0 Å². The first kappa shape index (κ1) is 13.8. The van der Waals surface area contributed by atoms with Gasteiger partial charge in [-0.2, -0.15) is 0 Å². The molecule has 0 atom stereocenters. The number of halogens is 1. The number of benzene rings is 1. The second-order valence-corrected chi connectivity index (χ2v) is 5.57. The van der Waals surface area contributed by atoms with Crippen molar-refractivity contribution < 1.29 is 18.3 Å². The van der Waals surface area contributed by atoms with Gasteiger partial charge in [-0.25, -0.2) is 13.2 Å². The van der Waals surface area contributed by atoms with Crippen LogP contribution in [0.15, 0.2) is 24.3 Å². The zero-order valence-corrected chi connectivity index (χ0v) is 10.5. The first-order chi connectivity index (χ1) is 7.94. The van der Waals surface area contributed by atoms with Crippen molar-refractivity contribution in [2.75, 3.05) is 16.4 Å². The van der Waals surface area contributed by atoms with E-state index in [9.17, 15) is 13.2 Å². The van der Waals surface area contributed by atoms with Gasteiger partial charge in [0.2, 0.25) is 10.0 Å². The van der Waals surface area contributed by atoms with Crippen LogP contribution in [-0.4, -0.2) is 31.1 Å². The molecule has 0 fully saturated rings. The van der Waals surface area contributed by atoms with Gasteiger partial charge >= 0.3 is 5.97 Å². The SMILES string of the molecule is O=C(O)c1ccc(NS(=O)(=O)CCCCl)cc1. The highest BCUT2D eigenvalue weighted by atomic mass is 35.5. The number of carboxylic acid groups (broad SMARTS) is 1. The molecule has 1 aromatic carbocycles. The van der Waals surface area contributed by atoms with Gasteiger partial charge in [0.25, 0.3) is 0 Å². The van der Waals surface area contributed by atoms with Crippen molar-refractivity contribution in [3.8, 4) is 0 Å². The number of aromatic carboxylic acids is 1. The second kappa shape index (κ2) is 5.88. The van der Waals surface area contributed by atoms with Crippen LogP contribution in [0.1, 0.15) is 16.8 Å². The van der Waals surface area contributed by atoms with Crippen LogP contribution in [0.5, 0.6) is 0 Å². The van der Waals surface area contributed by atoms with Crippen molar-refractivity contribution in [1.29, 1.82) is 0 Å². The van der Waals surface area contributed by atoms with Gasteiger partial charge in [0.05, 0.1) is 11.3 Å². The molecule has 0 aliphatic heterocycles. The number of hydrogen-bond donors (Lipinski definition) is 2. The van der Waals surface area contributed by atoms with E-state index in [1.165, 1.54) is 24.3 Å². The molecule has 94 valence electrons. The number of rotatable bonds is 6. The van der Waals surface area contributed by atoms with Gasteiger partial charge in [0.1, 0.15) is 0 Å². The van der Waals surface area contributed by atoms with Gasteiger partial charge in [0, 0.05) is 11.6 Å². The van der Waals surface area contributed by atoms with E-state index < -0.39 is 16.0 Å². The molecule has 0 aliphatic carbocycles. The van der Waals surface area contributed by atoms with Crippen molar-refractivity contribution in [3.05, 3.63) is 29.8 Å². The third kappa shape index (κ3) is 4.62. The molecule has 2 N–H and O–H groups in total. The minimum absolute atomic E-state index is 0.0584. The summed E-state index contributed by atoms with van der Waals surface area (Å²) in [6.07, 6.45) is 0.365. The normalized spacial score (nSPS) is 11.1. The average molecular weight is 278 g/mol. The largest absolute Gasteiger partial charge is 0.478 e. The summed E-state index contributed by atoms with van der Waals surface area (Å²) >= 11 is 5.41. The van der Waals surface area contributed by atoms with E-state index >= 15 is 0 Å². The Morgan fingerprint density at radius 1 is 1.29 bits per heavy atom. The maximum atomic E-state index is 11.5. The van der Waals surface area contributed by atoms with Crippen molar-refractivity contribution in [3.63, 3.8) is 0 Å². The van der Waals surface area contributed by atoms with Crippen molar-refractivity contribution in [1.82, 2.24) is 0 Å². The molecule has 0 saturated heterocycles. The Morgan fingerprint density at radius 3 is 2.35 bits per heavy atom. The molecule has 7 heteroatoms. The smallest absolute Gasteiger partial charge is 0.335 e. The molecule has 0 aliphatic rings. The third-order valence-corrected chi connectivity index (χ3v) is 3.59. The number of nitrogens with one attached hydrogen (secondary N) is 1. The summed E-state index contributed by atoms with van der Waals surface area (Å²) in [5.41, 5.74) is 0.443. The summed E-state index contributed by atoms with van der Waals surface area (Å²) in [6.45, 7) is 0. The number of hydrogen-bond acceptors (Lipinski definition) is 3. The molecular formula is C10H12ClNO4S. The van der Waals surface area contributed by atoms with Gasteiger partial charge in [-0.1, -0.05) is 0 Å². The Balaban J connectivity index is 2.72. The molecule has 17 heavy (non-hydrogen) atoms. The van der Waals surface area contributed by atoms with Crippen molar-refractivity contribution >= 4 is 33.3 Å². The number of alkyl halides is 1. The lowest BCUT2D eigenvalue weighted by molar-refractivity contribution is 0.0697. The Morgan fingerprint density at radius 2 is 1.88 bits per heavy atom. The van der Waals surface area contributed by atoms with Crippen LogP contribution >= 0.6 is 11.6 Å². The molecule has 0 bridgehead atoms. The van der Waals surface area contributed by atoms with E-state index in [1.54, 1.807) is 0 Å². The van der Waals surface area contributed by atoms with E-state index in [-0.39, 0.29) is 17.2 Å². The summed E-state index contributed by atoms with van der Waals surface area (Å²) < 4.78 is 25.3. The van der Waals surface area contributed by atoms with E-state index in [4.69, 9.17) is 16.7 Å². The van der Waals surface area contributed by atoms with Crippen LogP contribution in [0.25, 0.3) is 0 Å². The Labute approximate surface area is 104 Å². The van der Waals surface area contributed by atoms with Crippen LogP contribution in [0.2, 0.25) is 0 Å². The topological polar surface area (TPSA) is 83.5 Å². The molecule has 0 heterocycles. The lowest BCUT2D eigenvalue weighted by atomic mass is 10.2. The van der Waals surface area contributed by atoms with Crippen molar-refractivity contribution in [2.45, 2.75) is 6.42 Å². The quantitative estimate of drug-likeness (QED) is 0.776. The predicted octanol–water partition coefficient (Wildman–Crippen LogP) is 1.76. The van der Waals surface area contributed by atoms with Crippen LogP contribution in [0.4, 0.5) is 5.69 Å². The lowest BCUT2D eigenvalue weighted by Gasteiger charge is -2.07. The second-order valence-electron chi connectivity index (χ2n) is 3.35. The minimum atomic E-state index is -3.41. The monoisotopic (exact) mass is 277 g/mol. The zero-order chi connectivity index (χ0) is 12.9. The fourth-order valence-corrected chi connectivity index (χ4v) is 2.57. The Bertz CT molecular complexity index is 484. The first-order valence-corrected chi connectivity index (χ1v) is 7.03. The summed E-state index contributed by atoms with van der Waals surface area (Å²) in [7, 11) is -3.41. The molecule has 1 aromatic rings. The molecule has 0 saturated carbocycles. The summed E-state index contributed by atoms with van der Waals surface area (Å²) in [6, 6.07) is 5.48. The van der Waals surface area contributed by atoms with Crippen LogP contribution in [0.3, 0.4) is 0 Å². The standard InChI is InChI=1S/C10H12ClNO4S/c11-6-1-7-17(15,16)12-9-4-2-8(3-5-9)10(13)14/h2-5,12H,1,6-7H2,(H,13,14).